The highest BCUT2D eigenvalue weighted by atomic mass is 35.5. The maximum atomic E-state index is 10.4. The molecular weight excluding hydrogens is 609 g/mol. The van der Waals surface area contributed by atoms with Crippen LogP contribution >= 0.6 is 12.4 Å². The van der Waals surface area contributed by atoms with E-state index in [9.17, 15) is 23.4 Å². The van der Waals surface area contributed by atoms with E-state index >= 15 is 0 Å². The van der Waals surface area contributed by atoms with Gasteiger partial charge in [-0.3, -0.25) is 9.69 Å². The third-order valence-corrected chi connectivity index (χ3v) is 10.3. The summed E-state index contributed by atoms with van der Waals surface area (Å²) in [7, 11) is 3.45. The van der Waals surface area contributed by atoms with E-state index in [1.807, 2.05) is 12.1 Å². The number of fused-ring (bicyclic) bond motifs is 4. The Morgan fingerprint density at radius 2 is 1.53 bits per heavy atom. The maximum Gasteiger partial charge on any atom is 0.446 e. The van der Waals surface area contributed by atoms with Crippen molar-refractivity contribution in [2.24, 2.45) is 11.8 Å². The molecule has 2 saturated heterocycles. The lowest BCUT2D eigenvalue weighted by Gasteiger charge is -2.50. The first-order valence-corrected chi connectivity index (χ1v) is 15.9. The van der Waals surface area contributed by atoms with Crippen molar-refractivity contribution < 1.29 is 37.7 Å². The number of benzene rings is 2. The van der Waals surface area contributed by atoms with Gasteiger partial charge in [0.25, 0.3) is 0 Å². The summed E-state index contributed by atoms with van der Waals surface area (Å²) in [6.07, 6.45) is 7.83. The number of halogens is 4. The molecule has 250 valence electrons. The van der Waals surface area contributed by atoms with E-state index in [4.69, 9.17) is 14.3 Å². The molecule has 0 radical (unpaired) electrons. The first-order chi connectivity index (χ1) is 21.1. The molecule has 0 spiro atoms. The Balaban J connectivity index is 0.000000172. The van der Waals surface area contributed by atoms with E-state index in [1.54, 1.807) is 20.3 Å². The minimum atomic E-state index is -4.64. The molecule has 2 heterocycles. The van der Waals surface area contributed by atoms with Crippen molar-refractivity contribution in [3.63, 3.8) is 0 Å². The van der Waals surface area contributed by atoms with Crippen LogP contribution in [0.4, 0.5) is 13.2 Å². The van der Waals surface area contributed by atoms with Crippen LogP contribution in [0, 0.1) is 11.8 Å². The Morgan fingerprint density at radius 1 is 0.867 bits per heavy atom. The van der Waals surface area contributed by atoms with Crippen molar-refractivity contribution in [3.05, 3.63) is 46.5 Å². The van der Waals surface area contributed by atoms with Crippen LogP contribution in [-0.2, 0) is 30.5 Å². The number of methoxy groups -OCH3 is 2. The minimum absolute atomic E-state index is 0. The van der Waals surface area contributed by atoms with Gasteiger partial charge in [-0.05, 0) is 112 Å². The molecule has 2 aromatic rings. The molecule has 1 saturated carbocycles. The second-order valence-electron chi connectivity index (χ2n) is 12.7. The Hall–Kier alpha value is -2.69. The van der Waals surface area contributed by atoms with Crippen molar-refractivity contribution in [2.45, 2.75) is 94.9 Å². The van der Waals surface area contributed by atoms with Crippen LogP contribution in [0.5, 0.6) is 23.0 Å². The zero-order chi connectivity index (χ0) is 31.4. The van der Waals surface area contributed by atoms with Gasteiger partial charge in [0.2, 0.25) is 6.29 Å². The van der Waals surface area contributed by atoms with E-state index < -0.39 is 12.5 Å². The summed E-state index contributed by atoms with van der Waals surface area (Å²) in [6.45, 7) is 2.43. The molecule has 3 N–H and O–H groups in total. The monoisotopic (exact) mass is 654 g/mol. The SMILES string of the molecule is COc1ccc2c(c1OC)C[C@H]1CCCN[C@@H]1C2.Cl.O=CC(F)(F)F.Oc1ccc2c(c1O)C[C@H]1CCCN(C3CCC3)[C@@H]1C2. The molecule has 2 aliphatic heterocycles. The second-order valence-corrected chi connectivity index (χ2v) is 12.7. The van der Waals surface area contributed by atoms with E-state index in [0.29, 0.717) is 18.0 Å². The van der Waals surface area contributed by atoms with Gasteiger partial charge in [0.1, 0.15) is 0 Å². The number of alkyl halides is 3. The molecule has 3 aliphatic carbocycles. The molecule has 4 atom stereocenters. The smallest absolute Gasteiger partial charge is 0.446 e. The zero-order valence-corrected chi connectivity index (χ0v) is 26.9. The number of phenols is 2. The highest BCUT2D eigenvalue weighted by molar-refractivity contribution is 5.85. The minimum Gasteiger partial charge on any atom is -0.504 e. The van der Waals surface area contributed by atoms with Crippen LogP contribution < -0.4 is 14.8 Å². The second kappa shape index (κ2) is 15.3. The van der Waals surface area contributed by atoms with Crippen LogP contribution in [0.25, 0.3) is 0 Å². The number of carbonyl (C=O) groups is 1. The van der Waals surface area contributed by atoms with Crippen molar-refractivity contribution >= 4 is 18.7 Å². The van der Waals surface area contributed by atoms with Crippen molar-refractivity contribution in [1.82, 2.24) is 10.2 Å². The first kappa shape index (κ1) is 35.2. The van der Waals surface area contributed by atoms with Gasteiger partial charge in [-0.15, -0.1) is 12.4 Å². The fourth-order valence-corrected chi connectivity index (χ4v) is 7.88. The quantitative estimate of drug-likeness (QED) is 0.269. The summed E-state index contributed by atoms with van der Waals surface area (Å²) in [5.41, 5.74) is 5.03. The van der Waals surface area contributed by atoms with E-state index in [1.165, 1.54) is 74.7 Å². The molecule has 45 heavy (non-hydrogen) atoms. The average Bonchev–Trinajstić information content (AvgIpc) is 3.00. The van der Waals surface area contributed by atoms with E-state index in [0.717, 1.165) is 54.7 Å². The molecule has 5 aliphatic rings. The molecular formula is C34H46ClF3N2O5. The molecule has 0 bridgehead atoms. The van der Waals surface area contributed by atoms with Crippen molar-refractivity contribution in [1.29, 1.82) is 0 Å². The molecule has 0 unspecified atom stereocenters. The Kier molecular flexibility index (Phi) is 11.9. The van der Waals surface area contributed by atoms with Gasteiger partial charge in [-0.1, -0.05) is 18.6 Å². The van der Waals surface area contributed by atoms with Crippen LogP contribution in [-0.4, -0.2) is 73.0 Å². The number of rotatable bonds is 3. The summed E-state index contributed by atoms with van der Waals surface area (Å²) in [4.78, 5) is 11.5. The number of aldehydes is 1. The number of hydrogen-bond acceptors (Lipinski definition) is 7. The number of nitrogens with zero attached hydrogens (tertiary/aromatic N) is 1. The first-order valence-electron chi connectivity index (χ1n) is 15.9. The zero-order valence-electron chi connectivity index (χ0n) is 26.1. The van der Waals surface area contributed by atoms with E-state index in [2.05, 4.69) is 16.3 Å². The standard InChI is InChI=1S/C17H23NO2.C15H21NO2.C2HF3O.ClH/c19-16-7-6-11-10-15-12(9-14(11)17(16)20)3-2-8-18(15)13-4-1-5-13;1-17-14-6-5-10-9-13-11(4-3-7-16-13)8-12(10)15(14)18-2;3-2(4,5)1-6;/h6-7,12-13,15,19-20H,1-5,8-10H2;5-6,11,13,16H,3-4,7-9H2,1-2H3;1H;1H/t12-,15-;11-,13-;;/m11../s1. The normalized spacial score (nSPS) is 25.4. The van der Waals surface area contributed by atoms with Gasteiger partial charge in [0.15, 0.2) is 23.0 Å². The van der Waals surface area contributed by atoms with Crippen molar-refractivity contribution in [3.8, 4) is 23.0 Å². The lowest BCUT2D eigenvalue weighted by atomic mass is 9.73. The predicted molar refractivity (Wildman–Crippen MR) is 169 cm³/mol. The lowest BCUT2D eigenvalue weighted by Crippen LogP contribution is -2.55. The third kappa shape index (κ3) is 8.00. The summed E-state index contributed by atoms with van der Waals surface area (Å²) in [5, 5.41) is 23.5. The van der Waals surface area contributed by atoms with Crippen LogP contribution in [0.1, 0.15) is 67.2 Å². The summed E-state index contributed by atoms with van der Waals surface area (Å²) >= 11 is 0. The molecule has 2 aromatic carbocycles. The van der Waals surface area contributed by atoms with Gasteiger partial charge < -0.3 is 25.0 Å². The summed E-state index contributed by atoms with van der Waals surface area (Å²) < 4.78 is 42.2. The van der Waals surface area contributed by atoms with Crippen molar-refractivity contribution in [2.75, 3.05) is 27.3 Å². The number of piperidine rings is 2. The number of phenolic OH excluding ortho intramolecular Hbond substituents is 2. The van der Waals surface area contributed by atoms with Crippen LogP contribution in [0.15, 0.2) is 24.3 Å². The maximum absolute atomic E-state index is 10.4. The lowest BCUT2D eigenvalue weighted by molar-refractivity contribution is -0.156. The number of hydrogen-bond donors (Lipinski definition) is 3. The number of carbonyl (C=O) groups excluding carboxylic acids is 1. The van der Waals surface area contributed by atoms with Gasteiger partial charge >= 0.3 is 6.18 Å². The fourth-order valence-electron chi connectivity index (χ4n) is 7.88. The van der Waals surface area contributed by atoms with Crippen LogP contribution in [0.2, 0.25) is 0 Å². The number of ether oxygens (including phenoxy) is 2. The molecule has 7 rings (SSSR count). The summed E-state index contributed by atoms with van der Waals surface area (Å²) in [5.74, 6) is 3.38. The van der Waals surface area contributed by atoms with Gasteiger partial charge in [-0.25, -0.2) is 0 Å². The highest BCUT2D eigenvalue weighted by Gasteiger charge is 2.40. The number of nitrogens with one attached hydrogen (secondary N) is 1. The molecule has 11 heteroatoms. The van der Waals surface area contributed by atoms with Gasteiger partial charge in [0.05, 0.1) is 14.2 Å². The van der Waals surface area contributed by atoms with Gasteiger partial charge in [-0.2, -0.15) is 13.2 Å². The van der Waals surface area contributed by atoms with E-state index in [-0.39, 0.29) is 23.9 Å². The molecule has 0 aromatic heterocycles. The molecule has 7 nitrogen and oxygen atoms in total. The topological polar surface area (TPSA) is 91.3 Å². The molecule has 3 fully saturated rings. The predicted octanol–water partition coefficient (Wildman–Crippen LogP) is 6.17. The molecule has 0 amide bonds. The highest BCUT2D eigenvalue weighted by Crippen LogP contribution is 2.44. The third-order valence-electron chi connectivity index (χ3n) is 10.3. The Bertz CT molecular complexity index is 1310. The fraction of sp³-hybridized carbons (Fsp3) is 0.618. The largest absolute Gasteiger partial charge is 0.504 e. The van der Waals surface area contributed by atoms with Crippen LogP contribution in [0.3, 0.4) is 0 Å². The Labute approximate surface area is 269 Å². The average molecular weight is 655 g/mol. The number of aromatic hydroxyl groups is 2. The number of likely N-dealkylation sites (tertiary alicyclic amines) is 1. The summed E-state index contributed by atoms with van der Waals surface area (Å²) in [6, 6.07) is 10.0. The van der Waals surface area contributed by atoms with Gasteiger partial charge in [0, 0.05) is 29.3 Å². The Morgan fingerprint density at radius 3 is 2.18 bits per heavy atom.